The van der Waals surface area contributed by atoms with E-state index in [1.54, 1.807) is 0 Å². The highest BCUT2D eigenvalue weighted by Gasteiger charge is 2.29. The van der Waals surface area contributed by atoms with Gasteiger partial charge in [0.05, 0.1) is 6.04 Å². The van der Waals surface area contributed by atoms with Crippen molar-refractivity contribution in [3.8, 4) is 0 Å². The van der Waals surface area contributed by atoms with Crippen molar-refractivity contribution in [1.29, 1.82) is 0 Å². The van der Waals surface area contributed by atoms with Crippen molar-refractivity contribution >= 4 is 0 Å². The van der Waals surface area contributed by atoms with Gasteiger partial charge in [-0.05, 0) is 24.0 Å². The van der Waals surface area contributed by atoms with E-state index in [-0.39, 0.29) is 6.04 Å². The van der Waals surface area contributed by atoms with E-state index >= 15 is 0 Å². The quantitative estimate of drug-likeness (QED) is 0.807. The number of nitrogens with one attached hydrogen (secondary N) is 1. The topological polar surface area (TPSA) is 21.3 Å². The Labute approximate surface area is 91.4 Å². The van der Waals surface area contributed by atoms with Crippen LogP contribution < -0.4 is 5.48 Å². The average molecular weight is 231 g/mol. The molecule has 88 valence electrons. The van der Waals surface area contributed by atoms with Crippen molar-refractivity contribution in [3.05, 3.63) is 35.4 Å². The zero-order chi connectivity index (χ0) is 11.6. The number of fused-ring (bicyclic) bond motifs is 1. The van der Waals surface area contributed by atoms with Gasteiger partial charge in [-0.25, -0.2) is 0 Å². The van der Waals surface area contributed by atoms with E-state index in [1.165, 1.54) is 5.56 Å². The summed E-state index contributed by atoms with van der Waals surface area (Å²) < 4.78 is 35.6. The van der Waals surface area contributed by atoms with E-state index in [0.717, 1.165) is 18.4 Å². The van der Waals surface area contributed by atoms with Gasteiger partial charge >= 0.3 is 6.18 Å². The maximum Gasteiger partial charge on any atom is 0.413 e. The second kappa shape index (κ2) is 4.43. The Kier molecular flexibility index (Phi) is 3.16. The molecule has 0 aromatic heterocycles. The van der Waals surface area contributed by atoms with Crippen LogP contribution in [0.1, 0.15) is 23.6 Å². The Bertz CT molecular complexity index is 364. The summed E-state index contributed by atoms with van der Waals surface area (Å²) in [5.41, 5.74) is 4.68. The normalized spacial score (nSPS) is 19.8. The van der Waals surface area contributed by atoms with Crippen LogP contribution in [0.5, 0.6) is 0 Å². The van der Waals surface area contributed by atoms with Crippen molar-refractivity contribution in [1.82, 2.24) is 5.48 Å². The van der Waals surface area contributed by atoms with E-state index in [4.69, 9.17) is 0 Å². The molecule has 1 aromatic rings. The summed E-state index contributed by atoms with van der Waals surface area (Å²) >= 11 is 0. The van der Waals surface area contributed by atoms with Gasteiger partial charge in [0.25, 0.3) is 0 Å². The molecule has 16 heavy (non-hydrogen) atoms. The van der Waals surface area contributed by atoms with Gasteiger partial charge in [-0.3, -0.25) is 4.84 Å². The van der Waals surface area contributed by atoms with Crippen LogP contribution in [-0.2, 0) is 11.3 Å². The van der Waals surface area contributed by atoms with E-state index in [2.05, 4.69) is 10.3 Å². The van der Waals surface area contributed by atoms with Gasteiger partial charge in [-0.15, -0.1) is 0 Å². The molecule has 0 saturated carbocycles. The third-order valence-corrected chi connectivity index (χ3v) is 2.59. The molecule has 1 unspecified atom stereocenters. The Hall–Kier alpha value is -1.07. The molecule has 0 amide bonds. The number of hydroxylamine groups is 1. The van der Waals surface area contributed by atoms with Crippen LogP contribution in [0.25, 0.3) is 0 Å². The Morgan fingerprint density at radius 1 is 1.31 bits per heavy atom. The predicted molar refractivity (Wildman–Crippen MR) is 52.6 cm³/mol. The number of rotatable bonds is 3. The second-order valence-corrected chi connectivity index (χ2v) is 3.81. The molecule has 0 radical (unpaired) electrons. The van der Waals surface area contributed by atoms with Crippen molar-refractivity contribution in [2.75, 3.05) is 6.61 Å². The first kappa shape index (κ1) is 11.4. The van der Waals surface area contributed by atoms with E-state index in [9.17, 15) is 13.2 Å². The standard InChI is InChI=1S/C11H12F3NO/c12-11(13,14)7-16-15-10-6-5-8-3-1-2-4-9(8)10/h1-4,10,15H,5-7H2. The molecule has 5 heteroatoms. The molecule has 0 aliphatic heterocycles. The zero-order valence-corrected chi connectivity index (χ0v) is 8.55. The van der Waals surface area contributed by atoms with E-state index in [0.29, 0.717) is 0 Å². The van der Waals surface area contributed by atoms with Gasteiger partial charge in [0.2, 0.25) is 0 Å². The first-order valence-corrected chi connectivity index (χ1v) is 5.08. The molecular weight excluding hydrogens is 219 g/mol. The molecule has 1 aliphatic carbocycles. The van der Waals surface area contributed by atoms with Gasteiger partial charge in [0, 0.05) is 0 Å². The Balaban J connectivity index is 1.89. The Morgan fingerprint density at radius 3 is 2.81 bits per heavy atom. The SMILES string of the molecule is FC(F)(F)CONC1CCc2ccccc21. The van der Waals surface area contributed by atoms with Crippen molar-refractivity contribution in [2.45, 2.75) is 25.1 Å². The van der Waals surface area contributed by atoms with Crippen LogP contribution in [0, 0.1) is 0 Å². The number of alkyl halides is 3. The predicted octanol–water partition coefficient (Wildman–Crippen LogP) is 2.76. The lowest BCUT2D eigenvalue weighted by atomic mass is 10.1. The molecule has 0 fully saturated rings. The molecular formula is C11H12F3NO. The molecule has 2 rings (SSSR count). The highest BCUT2D eigenvalue weighted by atomic mass is 19.4. The fraction of sp³-hybridized carbons (Fsp3) is 0.455. The van der Waals surface area contributed by atoms with Crippen LogP contribution in [0.15, 0.2) is 24.3 Å². The lowest BCUT2D eigenvalue weighted by molar-refractivity contribution is -0.193. The van der Waals surface area contributed by atoms with Crippen LogP contribution in [0.2, 0.25) is 0 Å². The van der Waals surface area contributed by atoms with Crippen LogP contribution in [-0.4, -0.2) is 12.8 Å². The molecule has 1 N–H and O–H groups in total. The minimum absolute atomic E-state index is 0.126. The maximum atomic E-state index is 11.9. The van der Waals surface area contributed by atoms with Gasteiger partial charge in [-0.1, -0.05) is 24.3 Å². The fourth-order valence-electron chi connectivity index (χ4n) is 1.90. The summed E-state index contributed by atoms with van der Waals surface area (Å²) in [5, 5.41) is 0. The second-order valence-electron chi connectivity index (χ2n) is 3.81. The third-order valence-electron chi connectivity index (χ3n) is 2.59. The van der Waals surface area contributed by atoms with Gasteiger partial charge < -0.3 is 0 Å². The largest absolute Gasteiger partial charge is 0.413 e. The molecule has 1 aliphatic rings. The first-order valence-electron chi connectivity index (χ1n) is 5.08. The molecule has 0 bridgehead atoms. The minimum Gasteiger partial charge on any atom is -0.292 e. The van der Waals surface area contributed by atoms with E-state index < -0.39 is 12.8 Å². The lowest BCUT2D eigenvalue weighted by Gasteiger charge is -2.14. The summed E-state index contributed by atoms with van der Waals surface area (Å²) in [6.45, 7) is -1.26. The molecule has 1 aromatic carbocycles. The van der Waals surface area contributed by atoms with Crippen LogP contribution in [0.3, 0.4) is 0 Å². The summed E-state index contributed by atoms with van der Waals surface area (Å²) in [4.78, 5) is 4.46. The van der Waals surface area contributed by atoms with Crippen LogP contribution >= 0.6 is 0 Å². The molecule has 0 heterocycles. The minimum atomic E-state index is -4.29. The first-order chi connectivity index (χ1) is 7.56. The van der Waals surface area contributed by atoms with Crippen molar-refractivity contribution in [2.24, 2.45) is 0 Å². The highest BCUT2D eigenvalue weighted by Crippen LogP contribution is 2.30. The number of halogens is 3. The zero-order valence-electron chi connectivity index (χ0n) is 8.55. The lowest BCUT2D eigenvalue weighted by Crippen LogP contribution is -2.27. The molecule has 1 atom stereocenters. The summed E-state index contributed by atoms with van der Waals surface area (Å²) in [6, 6.07) is 7.58. The van der Waals surface area contributed by atoms with E-state index in [1.807, 2.05) is 24.3 Å². The Morgan fingerprint density at radius 2 is 2.06 bits per heavy atom. The molecule has 0 saturated heterocycles. The van der Waals surface area contributed by atoms with Crippen molar-refractivity contribution in [3.63, 3.8) is 0 Å². The maximum absolute atomic E-state index is 11.9. The highest BCUT2D eigenvalue weighted by molar-refractivity contribution is 5.33. The summed E-state index contributed by atoms with van der Waals surface area (Å²) in [7, 11) is 0. The average Bonchev–Trinajstić information content (AvgIpc) is 2.60. The summed E-state index contributed by atoms with van der Waals surface area (Å²) in [5.74, 6) is 0. The van der Waals surface area contributed by atoms with Crippen LogP contribution in [0.4, 0.5) is 13.2 Å². The molecule has 0 spiro atoms. The smallest absolute Gasteiger partial charge is 0.292 e. The van der Waals surface area contributed by atoms with Crippen molar-refractivity contribution < 1.29 is 18.0 Å². The molecule has 2 nitrogen and oxygen atoms in total. The van der Waals surface area contributed by atoms with Gasteiger partial charge in [-0.2, -0.15) is 18.7 Å². The fourth-order valence-corrected chi connectivity index (χ4v) is 1.90. The monoisotopic (exact) mass is 231 g/mol. The number of hydrogen-bond donors (Lipinski definition) is 1. The van der Waals surface area contributed by atoms with Gasteiger partial charge in [0.15, 0.2) is 6.61 Å². The third kappa shape index (κ3) is 2.74. The number of hydrogen-bond acceptors (Lipinski definition) is 2. The number of benzene rings is 1. The summed E-state index contributed by atoms with van der Waals surface area (Å²) in [6.07, 6.45) is -2.63. The van der Waals surface area contributed by atoms with Gasteiger partial charge in [0.1, 0.15) is 0 Å². The number of aryl methyl sites for hydroxylation is 1.